The van der Waals surface area contributed by atoms with E-state index in [1.54, 1.807) is 11.3 Å². The number of carbonyl (C=O) groups is 1. The number of rotatable bonds is 4. The minimum atomic E-state index is 0.0359. The van der Waals surface area contributed by atoms with Crippen LogP contribution in [0, 0.1) is 5.92 Å². The Morgan fingerprint density at radius 3 is 2.95 bits per heavy atom. The molecule has 98 valence electrons. The molecule has 3 aromatic rings. The molecule has 0 aliphatic carbocycles. The molecule has 0 saturated carbocycles. The van der Waals surface area contributed by atoms with Gasteiger partial charge in [0.1, 0.15) is 0 Å². The van der Waals surface area contributed by atoms with Crippen LogP contribution in [0.15, 0.2) is 36.2 Å². The summed E-state index contributed by atoms with van der Waals surface area (Å²) >= 11 is 1.62. The fourth-order valence-corrected chi connectivity index (χ4v) is 2.78. The van der Waals surface area contributed by atoms with E-state index in [2.05, 4.69) is 4.98 Å². The van der Waals surface area contributed by atoms with E-state index >= 15 is 0 Å². The maximum atomic E-state index is 11.9. The fourth-order valence-electron chi connectivity index (χ4n) is 2.06. The third-order valence-corrected chi connectivity index (χ3v) is 3.82. The first-order chi connectivity index (χ1) is 9.13. The molecule has 5 heteroatoms. The van der Waals surface area contributed by atoms with Gasteiger partial charge in [0.2, 0.25) is 0 Å². The second-order valence-electron chi connectivity index (χ2n) is 4.92. The van der Waals surface area contributed by atoms with Gasteiger partial charge in [0.25, 0.3) is 0 Å². The highest BCUT2D eigenvalue weighted by molar-refractivity contribution is 7.15. The Labute approximate surface area is 115 Å². The smallest absolute Gasteiger partial charge is 0.193 e. The van der Waals surface area contributed by atoms with E-state index in [1.807, 2.05) is 59.0 Å². The van der Waals surface area contributed by atoms with E-state index in [4.69, 9.17) is 0 Å². The van der Waals surface area contributed by atoms with Gasteiger partial charge in [-0.25, -0.2) is 4.98 Å². The first-order valence-corrected chi connectivity index (χ1v) is 7.12. The SMILES string of the molecule is CC(C)C(=O)c1ccn(Cc2cn3ccsc3n2)c1. The van der Waals surface area contributed by atoms with E-state index in [-0.39, 0.29) is 11.7 Å². The Kier molecular flexibility index (Phi) is 2.98. The number of carbonyl (C=O) groups excluding carboxylic acids is 1. The summed E-state index contributed by atoms with van der Waals surface area (Å²) in [7, 11) is 0. The molecule has 4 nitrogen and oxygen atoms in total. The molecular formula is C14H15N3OS. The first-order valence-electron chi connectivity index (χ1n) is 6.24. The summed E-state index contributed by atoms with van der Waals surface area (Å²) in [6.45, 7) is 4.53. The van der Waals surface area contributed by atoms with Gasteiger partial charge in [0, 0.05) is 41.6 Å². The Morgan fingerprint density at radius 1 is 1.37 bits per heavy atom. The predicted octanol–water partition coefficient (Wildman–Crippen LogP) is 3.08. The highest BCUT2D eigenvalue weighted by Crippen LogP contribution is 2.14. The molecule has 0 radical (unpaired) electrons. The maximum Gasteiger partial charge on any atom is 0.193 e. The molecule has 0 aliphatic heterocycles. The Bertz CT molecular complexity index is 691. The Balaban J connectivity index is 1.80. The van der Waals surface area contributed by atoms with Crippen LogP contribution in [-0.4, -0.2) is 19.7 Å². The van der Waals surface area contributed by atoms with Crippen LogP contribution < -0.4 is 0 Å². The zero-order valence-electron chi connectivity index (χ0n) is 10.9. The summed E-state index contributed by atoms with van der Waals surface area (Å²) in [4.78, 5) is 17.4. The molecule has 0 aromatic carbocycles. The molecule has 3 heterocycles. The summed E-state index contributed by atoms with van der Waals surface area (Å²) in [6.07, 6.45) is 7.86. The molecule has 3 aromatic heterocycles. The van der Waals surface area contributed by atoms with Crippen molar-refractivity contribution in [2.45, 2.75) is 20.4 Å². The van der Waals surface area contributed by atoms with Crippen molar-refractivity contribution < 1.29 is 4.79 Å². The van der Waals surface area contributed by atoms with Gasteiger partial charge < -0.3 is 4.57 Å². The van der Waals surface area contributed by atoms with Gasteiger partial charge in [-0.2, -0.15) is 0 Å². The average molecular weight is 273 g/mol. The second kappa shape index (κ2) is 4.66. The minimum absolute atomic E-state index is 0.0359. The predicted molar refractivity (Wildman–Crippen MR) is 75.8 cm³/mol. The number of thiazole rings is 1. The van der Waals surface area contributed by atoms with Crippen molar-refractivity contribution in [2.75, 3.05) is 0 Å². The Hall–Kier alpha value is -1.88. The standard InChI is InChI=1S/C14H15N3OS/c1-10(2)13(18)11-3-4-16(7-11)8-12-9-17-5-6-19-14(17)15-12/h3-7,9-10H,8H2,1-2H3. The van der Waals surface area contributed by atoms with Crippen LogP contribution in [0.3, 0.4) is 0 Å². The van der Waals surface area contributed by atoms with E-state index in [0.29, 0.717) is 6.54 Å². The van der Waals surface area contributed by atoms with Crippen LogP contribution in [0.4, 0.5) is 0 Å². The number of ketones is 1. The monoisotopic (exact) mass is 273 g/mol. The van der Waals surface area contributed by atoms with Gasteiger partial charge in [0.15, 0.2) is 10.7 Å². The van der Waals surface area contributed by atoms with Crippen molar-refractivity contribution >= 4 is 22.1 Å². The van der Waals surface area contributed by atoms with Gasteiger partial charge in [-0.3, -0.25) is 9.20 Å². The minimum Gasteiger partial charge on any atom is -0.348 e. The molecule has 3 rings (SSSR count). The molecule has 0 unspecified atom stereocenters. The number of fused-ring (bicyclic) bond motifs is 1. The van der Waals surface area contributed by atoms with Crippen LogP contribution in [0.5, 0.6) is 0 Å². The third kappa shape index (κ3) is 2.33. The normalized spacial score (nSPS) is 11.5. The van der Waals surface area contributed by atoms with E-state index < -0.39 is 0 Å². The Morgan fingerprint density at radius 2 is 2.21 bits per heavy atom. The largest absolute Gasteiger partial charge is 0.348 e. The van der Waals surface area contributed by atoms with E-state index in [0.717, 1.165) is 16.2 Å². The summed E-state index contributed by atoms with van der Waals surface area (Å²) < 4.78 is 4.02. The van der Waals surface area contributed by atoms with Crippen molar-refractivity contribution in [3.63, 3.8) is 0 Å². The van der Waals surface area contributed by atoms with Crippen LogP contribution in [-0.2, 0) is 6.54 Å². The summed E-state index contributed by atoms with van der Waals surface area (Å²) in [5, 5.41) is 2.02. The summed E-state index contributed by atoms with van der Waals surface area (Å²) in [6, 6.07) is 1.88. The van der Waals surface area contributed by atoms with Crippen molar-refractivity contribution in [3.05, 3.63) is 47.5 Å². The number of nitrogens with zero attached hydrogens (tertiary/aromatic N) is 3. The van der Waals surface area contributed by atoms with Gasteiger partial charge in [0.05, 0.1) is 12.2 Å². The lowest BCUT2D eigenvalue weighted by Gasteiger charge is -2.01. The summed E-state index contributed by atoms with van der Waals surface area (Å²) in [5.74, 6) is 0.221. The topological polar surface area (TPSA) is 39.3 Å². The number of hydrogen-bond donors (Lipinski definition) is 0. The van der Waals surface area contributed by atoms with Crippen LogP contribution in [0.1, 0.15) is 29.9 Å². The summed E-state index contributed by atoms with van der Waals surface area (Å²) in [5.41, 5.74) is 1.78. The molecule has 0 fully saturated rings. The van der Waals surface area contributed by atoms with Crippen molar-refractivity contribution in [1.82, 2.24) is 14.0 Å². The first kappa shape index (κ1) is 12.2. The molecule has 0 saturated heterocycles. The van der Waals surface area contributed by atoms with Crippen LogP contribution in [0.2, 0.25) is 0 Å². The third-order valence-electron chi connectivity index (χ3n) is 3.05. The van der Waals surface area contributed by atoms with Crippen molar-refractivity contribution in [2.24, 2.45) is 5.92 Å². The number of Topliss-reactive ketones (excluding diaryl/α,β-unsaturated/α-hetero) is 1. The molecule has 0 amide bonds. The van der Waals surface area contributed by atoms with Crippen LogP contribution >= 0.6 is 11.3 Å². The number of aromatic nitrogens is 3. The number of hydrogen-bond acceptors (Lipinski definition) is 3. The lowest BCUT2D eigenvalue weighted by atomic mass is 10.0. The van der Waals surface area contributed by atoms with Gasteiger partial charge in [-0.05, 0) is 6.07 Å². The molecule has 0 atom stereocenters. The zero-order chi connectivity index (χ0) is 13.4. The molecule has 0 N–H and O–H groups in total. The molecule has 0 bridgehead atoms. The molecule has 0 spiro atoms. The fraction of sp³-hybridized carbons (Fsp3) is 0.286. The second-order valence-corrected chi connectivity index (χ2v) is 5.79. The highest BCUT2D eigenvalue weighted by atomic mass is 32.1. The lowest BCUT2D eigenvalue weighted by Crippen LogP contribution is -2.06. The highest BCUT2D eigenvalue weighted by Gasteiger charge is 2.12. The van der Waals surface area contributed by atoms with Gasteiger partial charge in [-0.15, -0.1) is 11.3 Å². The lowest BCUT2D eigenvalue weighted by molar-refractivity contribution is 0.0939. The molecular weight excluding hydrogens is 258 g/mol. The van der Waals surface area contributed by atoms with Crippen molar-refractivity contribution in [1.29, 1.82) is 0 Å². The maximum absolute atomic E-state index is 11.9. The van der Waals surface area contributed by atoms with Crippen molar-refractivity contribution in [3.8, 4) is 0 Å². The average Bonchev–Trinajstić information content (AvgIpc) is 3.03. The van der Waals surface area contributed by atoms with Gasteiger partial charge >= 0.3 is 0 Å². The molecule has 0 aliphatic rings. The molecule has 19 heavy (non-hydrogen) atoms. The van der Waals surface area contributed by atoms with Gasteiger partial charge in [-0.1, -0.05) is 13.8 Å². The van der Waals surface area contributed by atoms with Crippen LogP contribution in [0.25, 0.3) is 4.96 Å². The van der Waals surface area contributed by atoms with E-state index in [1.165, 1.54) is 0 Å². The van der Waals surface area contributed by atoms with E-state index in [9.17, 15) is 4.79 Å². The number of imidazole rings is 1. The quantitative estimate of drug-likeness (QED) is 0.685. The zero-order valence-corrected chi connectivity index (χ0v) is 11.7.